The molecule has 0 aliphatic carbocycles. The molecule has 2 heterocycles. The van der Waals surface area contributed by atoms with E-state index in [4.69, 9.17) is 9.47 Å². The van der Waals surface area contributed by atoms with Gasteiger partial charge in [-0.25, -0.2) is 4.39 Å². The summed E-state index contributed by atoms with van der Waals surface area (Å²) in [4.78, 5) is 19.0. The predicted octanol–water partition coefficient (Wildman–Crippen LogP) is 4.59. The number of amides is 1. The van der Waals surface area contributed by atoms with Crippen molar-refractivity contribution in [2.75, 3.05) is 45.3 Å². The van der Waals surface area contributed by atoms with Gasteiger partial charge >= 0.3 is 0 Å². The Balaban J connectivity index is 1.46. The number of thiophene rings is 1. The third-order valence-electron chi connectivity index (χ3n) is 6.21. The smallest absolute Gasteiger partial charge is 0.251 e. The van der Waals surface area contributed by atoms with E-state index in [1.54, 1.807) is 43.8 Å². The topological polar surface area (TPSA) is 54.0 Å². The van der Waals surface area contributed by atoms with Crippen LogP contribution in [-0.4, -0.2) is 57.2 Å². The zero-order chi connectivity index (χ0) is 24.1. The Labute approximate surface area is 203 Å². The van der Waals surface area contributed by atoms with Crippen molar-refractivity contribution in [3.63, 3.8) is 0 Å². The van der Waals surface area contributed by atoms with Gasteiger partial charge in [-0.05, 0) is 60.8 Å². The van der Waals surface area contributed by atoms with E-state index < -0.39 is 0 Å². The maximum Gasteiger partial charge on any atom is 0.251 e. The summed E-state index contributed by atoms with van der Waals surface area (Å²) in [6.07, 6.45) is 0. The molecule has 1 N–H and O–H groups in total. The van der Waals surface area contributed by atoms with E-state index in [0.717, 1.165) is 31.9 Å². The molecule has 1 aromatic heterocycles. The molecule has 1 saturated heterocycles. The molecule has 0 bridgehead atoms. The molecule has 2 atom stereocenters. The summed E-state index contributed by atoms with van der Waals surface area (Å²) in [6, 6.07) is 15.9. The van der Waals surface area contributed by atoms with Gasteiger partial charge in [0.2, 0.25) is 0 Å². The highest BCUT2D eigenvalue weighted by molar-refractivity contribution is 7.10. The number of benzene rings is 2. The number of rotatable bonds is 8. The van der Waals surface area contributed by atoms with Gasteiger partial charge in [-0.2, -0.15) is 0 Å². The van der Waals surface area contributed by atoms with E-state index in [1.807, 2.05) is 18.2 Å². The number of carbonyl (C=O) groups is 1. The van der Waals surface area contributed by atoms with Crippen LogP contribution in [0.5, 0.6) is 11.5 Å². The Morgan fingerprint density at radius 3 is 2.32 bits per heavy atom. The van der Waals surface area contributed by atoms with Gasteiger partial charge in [0.25, 0.3) is 5.91 Å². The fraction of sp³-hybridized carbons (Fsp3) is 0.346. The van der Waals surface area contributed by atoms with Crippen LogP contribution in [0.3, 0.4) is 0 Å². The number of ether oxygens (including phenoxy) is 2. The van der Waals surface area contributed by atoms with Crippen molar-refractivity contribution in [3.05, 3.63) is 76.2 Å². The summed E-state index contributed by atoms with van der Waals surface area (Å²) >= 11 is 1.70. The normalized spacial score (nSPS) is 16.1. The molecule has 1 aliphatic rings. The molecule has 0 radical (unpaired) electrons. The quantitative estimate of drug-likeness (QED) is 0.508. The predicted molar refractivity (Wildman–Crippen MR) is 134 cm³/mol. The molecule has 6 nitrogen and oxygen atoms in total. The molecule has 8 heteroatoms. The van der Waals surface area contributed by atoms with E-state index in [2.05, 4.69) is 33.5 Å². The molecule has 180 valence electrons. The maximum absolute atomic E-state index is 13.3. The molecule has 0 saturated carbocycles. The highest BCUT2D eigenvalue weighted by Crippen LogP contribution is 2.31. The number of methoxy groups -OCH3 is 2. The Hall–Kier alpha value is -3.10. The molecule has 0 unspecified atom stereocenters. The van der Waals surface area contributed by atoms with Crippen LogP contribution in [0, 0.1) is 5.82 Å². The molecular formula is C26H30FN3O3S. The molecule has 4 rings (SSSR count). The lowest BCUT2D eigenvalue weighted by molar-refractivity contribution is 0.0890. The zero-order valence-electron chi connectivity index (χ0n) is 19.7. The third-order valence-corrected chi connectivity index (χ3v) is 7.16. The Morgan fingerprint density at radius 1 is 1.00 bits per heavy atom. The highest BCUT2D eigenvalue weighted by Gasteiger charge is 2.31. The first-order valence-corrected chi connectivity index (χ1v) is 12.2. The van der Waals surface area contributed by atoms with Crippen molar-refractivity contribution in [2.24, 2.45) is 0 Å². The second-order valence-corrected chi connectivity index (χ2v) is 9.27. The lowest BCUT2D eigenvalue weighted by atomic mass is 10.0. The number of hydrogen-bond acceptors (Lipinski definition) is 6. The minimum atomic E-state index is -0.223. The van der Waals surface area contributed by atoms with Gasteiger partial charge < -0.3 is 19.7 Å². The second kappa shape index (κ2) is 10.9. The Kier molecular flexibility index (Phi) is 7.70. The molecule has 2 aromatic carbocycles. The summed E-state index contributed by atoms with van der Waals surface area (Å²) in [6.45, 7) is 5.41. The third kappa shape index (κ3) is 5.34. The van der Waals surface area contributed by atoms with Crippen LogP contribution >= 0.6 is 11.3 Å². The minimum absolute atomic E-state index is 0.0551. The monoisotopic (exact) mass is 483 g/mol. The number of carbonyl (C=O) groups excluding carboxylic acids is 1. The SMILES string of the molecule is COc1ccc(C(=O)N[C@H](C)[C@H](c2cccs2)N2CCN(c3ccc(F)cc3)CC2)cc1OC. The van der Waals surface area contributed by atoms with Gasteiger partial charge in [-0.1, -0.05) is 6.07 Å². The first-order chi connectivity index (χ1) is 16.5. The van der Waals surface area contributed by atoms with E-state index in [9.17, 15) is 9.18 Å². The lowest BCUT2D eigenvalue weighted by Crippen LogP contribution is -2.52. The summed E-state index contributed by atoms with van der Waals surface area (Å²) in [5.74, 6) is 0.733. The Morgan fingerprint density at radius 2 is 1.71 bits per heavy atom. The summed E-state index contributed by atoms with van der Waals surface area (Å²) < 4.78 is 23.9. The van der Waals surface area contributed by atoms with E-state index in [1.165, 1.54) is 17.0 Å². The average molecular weight is 484 g/mol. The second-order valence-electron chi connectivity index (χ2n) is 8.29. The van der Waals surface area contributed by atoms with Gasteiger partial charge in [0.15, 0.2) is 11.5 Å². The number of halogens is 1. The number of anilines is 1. The molecule has 1 amide bonds. The first kappa shape index (κ1) is 24.0. The highest BCUT2D eigenvalue weighted by atomic mass is 32.1. The van der Waals surface area contributed by atoms with Gasteiger partial charge in [-0.3, -0.25) is 9.69 Å². The van der Waals surface area contributed by atoms with E-state index in [0.29, 0.717) is 17.1 Å². The van der Waals surface area contributed by atoms with Crippen LogP contribution in [0.15, 0.2) is 60.0 Å². The standard InChI is InChI=1S/C26H30FN3O3S/c1-18(28-26(31)19-6-11-22(32-2)23(17-19)33-3)25(24-5-4-16-34-24)30-14-12-29(13-15-30)21-9-7-20(27)8-10-21/h4-11,16-18,25H,12-15H2,1-3H3,(H,28,31)/t18-,25-/m1/s1. The summed E-state index contributed by atoms with van der Waals surface area (Å²) in [5, 5.41) is 5.26. The molecule has 34 heavy (non-hydrogen) atoms. The number of hydrogen-bond donors (Lipinski definition) is 1. The summed E-state index contributed by atoms with van der Waals surface area (Å²) in [5.41, 5.74) is 1.55. The molecule has 3 aromatic rings. The van der Waals surface area contributed by atoms with Crippen molar-refractivity contribution in [2.45, 2.75) is 19.0 Å². The average Bonchev–Trinajstić information content (AvgIpc) is 3.39. The van der Waals surface area contributed by atoms with Crippen LogP contribution in [0.1, 0.15) is 28.2 Å². The number of nitrogens with one attached hydrogen (secondary N) is 1. The van der Waals surface area contributed by atoms with Gasteiger partial charge in [0.1, 0.15) is 5.82 Å². The number of piperazine rings is 1. The number of nitrogens with zero attached hydrogens (tertiary/aromatic N) is 2. The largest absolute Gasteiger partial charge is 0.493 e. The molecular weight excluding hydrogens is 453 g/mol. The lowest BCUT2D eigenvalue weighted by Gasteiger charge is -2.42. The fourth-order valence-electron chi connectivity index (χ4n) is 4.46. The molecule has 0 spiro atoms. The van der Waals surface area contributed by atoms with Crippen LogP contribution < -0.4 is 19.7 Å². The molecule has 1 aliphatic heterocycles. The van der Waals surface area contributed by atoms with Crippen molar-refractivity contribution in [1.29, 1.82) is 0 Å². The van der Waals surface area contributed by atoms with Crippen molar-refractivity contribution in [3.8, 4) is 11.5 Å². The summed E-state index contributed by atoms with van der Waals surface area (Å²) in [7, 11) is 3.13. The zero-order valence-corrected chi connectivity index (χ0v) is 20.5. The Bertz CT molecular complexity index is 1080. The molecule has 1 fully saturated rings. The van der Waals surface area contributed by atoms with Crippen LogP contribution in [0.4, 0.5) is 10.1 Å². The van der Waals surface area contributed by atoms with Gasteiger partial charge in [-0.15, -0.1) is 11.3 Å². The van der Waals surface area contributed by atoms with E-state index >= 15 is 0 Å². The maximum atomic E-state index is 13.3. The minimum Gasteiger partial charge on any atom is -0.493 e. The van der Waals surface area contributed by atoms with Crippen LogP contribution in [0.2, 0.25) is 0 Å². The fourth-order valence-corrected chi connectivity index (χ4v) is 5.42. The van der Waals surface area contributed by atoms with Crippen LogP contribution in [0.25, 0.3) is 0 Å². The van der Waals surface area contributed by atoms with E-state index in [-0.39, 0.29) is 23.8 Å². The van der Waals surface area contributed by atoms with Crippen molar-refractivity contribution < 1.29 is 18.7 Å². The van der Waals surface area contributed by atoms with Crippen molar-refractivity contribution in [1.82, 2.24) is 10.2 Å². The van der Waals surface area contributed by atoms with Gasteiger partial charge in [0, 0.05) is 48.3 Å². The first-order valence-electron chi connectivity index (χ1n) is 11.3. The van der Waals surface area contributed by atoms with Crippen molar-refractivity contribution >= 4 is 22.9 Å². The van der Waals surface area contributed by atoms with Crippen LogP contribution in [-0.2, 0) is 0 Å². The van der Waals surface area contributed by atoms with Gasteiger partial charge in [0.05, 0.1) is 20.3 Å².